The number of hydrogen-bond donors (Lipinski definition) is 0. The lowest BCUT2D eigenvalue weighted by atomic mass is 9.92. The molecule has 30 heavy (non-hydrogen) atoms. The number of likely N-dealkylation sites (tertiary alicyclic amines) is 1. The summed E-state index contributed by atoms with van der Waals surface area (Å²) in [6, 6.07) is 9.62. The van der Waals surface area contributed by atoms with Crippen LogP contribution in [0.15, 0.2) is 61.4 Å². The van der Waals surface area contributed by atoms with Crippen molar-refractivity contribution in [3.8, 4) is 11.3 Å². The molecule has 0 aliphatic carbocycles. The Labute approximate surface area is 174 Å². The van der Waals surface area contributed by atoms with Gasteiger partial charge in [-0.2, -0.15) is 0 Å². The lowest BCUT2D eigenvalue weighted by Gasteiger charge is -2.32. The molecule has 0 aromatic carbocycles. The van der Waals surface area contributed by atoms with Gasteiger partial charge in [-0.1, -0.05) is 0 Å². The predicted octanol–water partition coefficient (Wildman–Crippen LogP) is 3.45. The van der Waals surface area contributed by atoms with E-state index in [0.29, 0.717) is 11.5 Å². The van der Waals surface area contributed by atoms with E-state index in [4.69, 9.17) is 4.98 Å². The molecule has 0 atom stereocenters. The Kier molecular flexibility index (Phi) is 4.71. The number of nitrogens with zero attached hydrogens (tertiary/aromatic N) is 6. The fourth-order valence-electron chi connectivity index (χ4n) is 4.12. The van der Waals surface area contributed by atoms with Crippen molar-refractivity contribution in [3.63, 3.8) is 0 Å². The van der Waals surface area contributed by atoms with Crippen LogP contribution in [-0.4, -0.2) is 48.4 Å². The first-order chi connectivity index (χ1) is 14.7. The van der Waals surface area contributed by atoms with Crippen LogP contribution in [0.2, 0.25) is 0 Å². The van der Waals surface area contributed by atoms with Gasteiger partial charge in [0.2, 0.25) is 0 Å². The van der Waals surface area contributed by atoms with Crippen LogP contribution in [0.3, 0.4) is 0 Å². The van der Waals surface area contributed by atoms with Crippen molar-refractivity contribution in [2.75, 3.05) is 13.1 Å². The molecule has 1 saturated heterocycles. The number of aryl methyl sites for hydroxylation is 1. The fourth-order valence-corrected chi connectivity index (χ4v) is 4.12. The second kappa shape index (κ2) is 7.67. The van der Waals surface area contributed by atoms with E-state index in [1.54, 1.807) is 30.7 Å². The van der Waals surface area contributed by atoms with Crippen molar-refractivity contribution < 1.29 is 4.79 Å². The first-order valence-electron chi connectivity index (χ1n) is 10.1. The Hall–Kier alpha value is -3.61. The zero-order valence-corrected chi connectivity index (χ0v) is 16.8. The maximum Gasteiger partial charge on any atom is 0.253 e. The summed E-state index contributed by atoms with van der Waals surface area (Å²) in [7, 11) is 2.00. The topological polar surface area (TPSA) is 76.8 Å². The van der Waals surface area contributed by atoms with Crippen LogP contribution in [0.4, 0.5) is 0 Å². The van der Waals surface area contributed by atoms with Crippen LogP contribution in [-0.2, 0) is 7.05 Å². The van der Waals surface area contributed by atoms with E-state index in [0.717, 1.165) is 53.9 Å². The highest BCUT2D eigenvalue weighted by atomic mass is 16.2. The molecule has 1 aliphatic heterocycles. The number of imidazole rings is 1. The van der Waals surface area contributed by atoms with Gasteiger partial charge >= 0.3 is 0 Å². The van der Waals surface area contributed by atoms with Crippen molar-refractivity contribution >= 4 is 16.9 Å². The molecule has 0 spiro atoms. The number of hydrogen-bond acceptors (Lipinski definition) is 5. The summed E-state index contributed by atoms with van der Waals surface area (Å²) in [5.74, 6) is 0.378. The van der Waals surface area contributed by atoms with E-state index in [-0.39, 0.29) is 5.91 Å². The summed E-state index contributed by atoms with van der Waals surface area (Å²) in [4.78, 5) is 32.5. The minimum absolute atomic E-state index is 0.0712. The summed E-state index contributed by atoms with van der Waals surface area (Å²) in [6.45, 7) is 1.44. The molecule has 1 fully saturated rings. The number of carbonyl (C=O) groups is 1. The summed E-state index contributed by atoms with van der Waals surface area (Å²) < 4.78 is 2.03. The van der Waals surface area contributed by atoms with E-state index in [9.17, 15) is 4.79 Å². The fraction of sp³-hybridized carbons (Fsp3) is 0.261. The van der Waals surface area contributed by atoms with Crippen molar-refractivity contribution in [3.05, 3.63) is 72.7 Å². The number of amides is 1. The van der Waals surface area contributed by atoms with Gasteiger partial charge in [-0.15, -0.1) is 0 Å². The van der Waals surface area contributed by atoms with Crippen LogP contribution in [0.1, 0.15) is 34.8 Å². The molecule has 1 amide bonds. The van der Waals surface area contributed by atoms with E-state index < -0.39 is 0 Å². The van der Waals surface area contributed by atoms with Gasteiger partial charge < -0.3 is 9.47 Å². The normalized spacial score (nSPS) is 14.9. The average Bonchev–Trinajstić information content (AvgIpc) is 3.20. The van der Waals surface area contributed by atoms with Gasteiger partial charge in [0.25, 0.3) is 5.91 Å². The number of aromatic nitrogens is 5. The number of pyridine rings is 3. The Morgan fingerprint density at radius 3 is 2.60 bits per heavy atom. The molecule has 0 unspecified atom stereocenters. The first-order valence-corrected chi connectivity index (χ1v) is 10.1. The van der Waals surface area contributed by atoms with Gasteiger partial charge in [-0.3, -0.25) is 19.7 Å². The molecule has 4 aromatic rings. The maximum absolute atomic E-state index is 12.7. The second-order valence-corrected chi connectivity index (χ2v) is 7.66. The first kappa shape index (κ1) is 18.4. The molecule has 0 saturated carbocycles. The maximum atomic E-state index is 12.7. The van der Waals surface area contributed by atoms with Crippen molar-refractivity contribution in [2.45, 2.75) is 18.8 Å². The lowest BCUT2D eigenvalue weighted by Crippen LogP contribution is -2.38. The van der Waals surface area contributed by atoms with Gasteiger partial charge in [0, 0.05) is 67.7 Å². The third kappa shape index (κ3) is 3.32. The van der Waals surface area contributed by atoms with Crippen molar-refractivity contribution in [1.82, 2.24) is 29.4 Å². The SMILES string of the molecule is Cn1cnc2c(-c3cccnc3)nc(C3CCN(C(=O)c4ccncc4)CC3)cc21. The second-order valence-electron chi connectivity index (χ2n) is 7.66. The molecule has 1 aliphatic rings. The molecule has 5 heterocycles. The van der Waals surface area contributed by atoms with Gasteiger partial charge in [0.15, 0.2) is 0 Å². The van der Waals surface area contributed by atoms with Crippen LogP contribution < -0.4 is 0 Å². The van der Waals surface area contributed by atoms with Gasteiger partial charge in [0.05, 0.1) is 17.5 Å². The molecule has 0 radical (unpaired) electrons. The number of piperidine rings is 1. The highest BCUT2D eigenvalue weighted by Gasteiger charge is 2.26. The molecule has 7 nitrogen and oxygen atoms in total. The van der Waals surface area contributed by atoms with Crippen molar-refractivity contribution in [2.24, 2.45) is 7.05 Å². The molecule has 4 aromatic heterocycles. The molecule has 0 N–H and O–H groups in total. The predicted molar refractivity (Wildman–Crippen MR) is 114 cm³/mol. The zero-order chi connectivity index (χ0) is 20.5. The largest absolute Gasteiger partial charge is 0.339 e. The summed E-state index contributed by atoms with van der Waals surface area (Å²) in [5, 5.41) is 0. The Morgan fingerprint density at radius 2 is 1.87 bits per heavy atom. The third-order valence-electron chi connectivity index (χ3n) is 5.80. The Balaban J connectivity index is 1.42. The number of carbonyl (C=O) groups excluding carboxylic acids is 1. The minimum Gasteiger partial charge on any atom is -0.339 e. The third-order valence-corrected chi connectivity index (χ3v) is 5.80. The highest BCUT2D eigenvalue weighted by Crippen LogP contribution is 2.33. The Morgan fingerprint density at radius 1 is 1.07 bits per heavy atom. The van der Waals surface area contributed by atoms with E-state index in [1.807, 2.05) is 41.2 Å². The molecule has 7 heteroatoms. The highest BCUT2D eigenvalue weighted by molar-refractivity contribution is 5.94. The summed E-state index contributed by atoms with van der Waals surface area (Å²) >= 11 is 0. The molecule has 150 valence electrons. The van der Waals surface area contributed by atoms with Gasteiger partial charge in [0.1, 0.15) is 5.52 Å². The average molecular weight is 398 g/mol. The lowest BCUT2D eigenvalue weighted by molar-refractivity contribution is 0.0712. The molecule has 5 rings (SSSR count). The zero-order valence-electron chi connectivity index (χ0n) is 16.8. The molecular formula is C23H22N6O. The molecule has 0 bridgehead atoms. The summed E-state index contributed by atoms with van der Waals surface area (Å²) in [6.07, 6.45) is 10.5. The minimum atomic E-state index is 0.0712. The molecular weight excluding hydrogens is 376 g/mol. The monoisotopic (exact) mass is 398 g/mol. The van der Waals surface area contributed by atoms with Crippen LogP contribution in [0.25, 0.3) is 22.3 Å². The van der Waals surface area contributed by atoms with E-state index >= 15 is 0 Å². The number of rotatable bonds is 3. The van der Waals surface area contributed by atoms with Gasteiger partial charge in [-0.25, -0.2) is 4.98 Å². The van der Waals surface area contributed by atoms with Crippen LogP contribution in [0.5, 0.6) is 0 Å². The smallest absolute Gasteiger partial charge is 0.253 e. The van der Waals surface area contributed by atoms with Crippen LogP contribution >= 0.6 is 0 Å². The van der Waals surface area contributed by atoms with E-state index in [1.165, 1.54) is 0 Å². The number of fused-ring (bicyclic) bond motifs is 1. The van der Waals surface area contributed by atoms with Crippen LogP contribution in [0, 0.1) is 0 Å². The standard InChI is InChI=1S/C23H22N6O/c1-28-15-26-22-20(28)13-19(27-21(22)18-3-2-8-25-14-18)16-6-11-29(12-7-16)23(30)17-4-9-24-10-5-17/h2-5,8-10,13-16H,6-7,11-12H2,1H3. The van der Waals surface area contributed by atoms with Gasteiger partial charge in [-0.05, 0) is 43.2 Å². The summed E-state index contributed by atoms with van der Waals surface area (Å²) in [5.41, 5.74) is 5.53. The van der Waals surface area contributed by atoms with E-state index in [2.05, 4.69) is 21.0 Å². The quantitative estimate of drug-likeness (QED) is 0.528. The Bertz CT molecular complexity index is 1180. The van der Waals surface area contributed by atoms with Crippen molar-refractivity contribution in [1.29, 1.82) is 0 Å².